The minimum Gasteiger partial charge on any atom is -0.508 e. The number of phenols is 1. The van der Waals surface area contributed by atoms with Crippen molar-refractivity contribution in [3.63, 3.8) is 0 Å². The monoisotopic (exact) mass is 559 g/mol. The summed E-state index contributed by atoms with van der Waals surface area (Å²) in [5, 5.41) is 30.0. The Morgan fingerprint density at radius 1 is 0.951 bits per heavy atom. The standard InChI is InChI=1S/C36H49NO4/c37-20-19-27-14-13-26(21-27)7-3-1-2-4-10-30-11-6-12-32(25-38)35(36(40)41)24-29-9-5-8-28(22-29)23-34(30)31-15-17-33(39)18-16-31/h5-6,8-9,12,15-18,21-22,26,30,32,34-35,38-39H,1-4,7,10-11,13-14,19-20,23-25,37H2,(H,40,41)/t26-,30-,32-,34-,35-/m1/s1. The van der Waals surface area contributed by atoms with Gasteiger partial charge in [0.1, 0.15) is 5.75 Å². The highest BCUT2D eigenvalue weighted by Crippen LogP contribution is 2.37. The molecule has 5 nitrogen and oxygen atoms in total. The van der Waals surface area contributed by atoms with Crippen molar-refractivity contribution in [3.05, 3.63) is 89.0 Å². The first-order valence-corrected chi connectivity index (χ1v) is 15.7. The SMILES string of the molecule is NCCC1=C[C@H](CCCCCC[C@@H]2CC=C[C@H](CO)[C@H](C(=O)O)Cc3cccc(c3)C[C@H]2c2ccc(O)cc2)CC1. The van der Waals surface area contributed by atoms with E-state index in [-0.39, 0.29) is 18.3 Å². The summed E-state index contributed by atoms with van der Waals surface area (Å²) in [6.07, 6.45) is 19.5. The number of carboxylic acids is 1. The molecule has 4 rings (SSSR count). The number of benzene rings is 2. The van der Waals surface area contributed by atoms with Crippen molar-refractivity contribution in [2.75, 3.05) is 13.2 Å². The molecule has 5 heteroatoms. The van der Waals surface area contributed by atoms with Gasteiger partial charge in [0.15, 0.2) is 0 Å². The van der Waals surface area contributed by atoms with Crippen molar-refractivity contribution in [2.24, 2.45) is 29.4 Å². The first-order valence-electron chi connectivity index (χ1n) is 15.7. The normalized spacial score (nSPS) is 24.8. The fourth-order valence-corrected chi connectivity index (χ4v) is 6.98. The molecule has 222 valence electrons. The molecule has 2 aliphatic carbocycles. The number of unbranched alkanes of at least 4 members (excludes halogenated alkanes) is 3. The number of rotatable bonds is 12. The summed E-state index contributed by atoms with van der Waals surface area (Å²) in [5.41, 5.74) is 10.7. The summed E-state index contributed by atoms with van der Waals surface area (Å²) in [6.45, 7) is 0.579. The predicted octanol–water partition coefficient (Wildman–Crippen LogP) is 7.17. The van der Waals surface area contributed by atoms with Crippen molar-refractivity contribution < 1.29 is 20.1 Å². The van der Waals surface area contributed by atoms with E-state index >= 15 is 0 Å². The van der Waals surface area contributed by atoms with Gasteiger partial charge in [-0.2, -0.15) is 0 Å². The maximum atomic E-state index is 12.1. The molecule has 5 atom stereocenters. The third-order valence-corrected chi connectivity index (χ3v) is 9.33. The number of hydrogen-bond donors (Lipinski definition) is 4. The first-order chi connectivity index (χ1) is 20.0. The van der Waals surface area contributed by atoms with Gasteiger partial charge in [-0.1, -0.05) is 85.9 Å². The molecule has 0 saturated carbocycles. The number of phenolic OH excluding ortho intramolecular Hbond substituents is 1. The number of nitrogens with two attached hydrogens (primary N) is 1. The van der Waals surface area contributed by atoms with Gasteiger partial charge in [-0.05, 0) is 104 Å². The lowest BCUT2D eigenvalue weighted by Crippen LogP contribution is -2.27. The van der Waals surface area contributed by atoms with Gasteiger partial charge in [0, 0.05) is 5.92 Å². The van der Waals surface area contributed by atoms with Crippen LogP contribution in [0.25, 0.3) is 0 Å². The summed E-state index contributed by atoms with van der Waals surface area (Å²) >= 11 is 0. The first kappa shape index (κ1) is 31.1. The average molecular weight is 560 g/mol. The van der Waals surface area contributed by atoms with Crippen molar-refractivity contribution in [1.82, 2.24) is 0 Å². The third kappa shape index (κ3) is 9.31. The Hall–Kier alpha value is -2.89. The number of aliphatic carboxylic acids is 1. The Balaban J connectivity index is 1.47. The summed E-state index contributed by atoms with van der Waals surface area (Å²) in [6, 6.07) is 16.0. The van der Waals surface area contributed by atoms with E-state index in [0.29, 0.717) is 12.3 Å². The smallest absolute Gasteiger partial charge is 0.307 e. The molecule has 0 unspecified atom stereocenters. The zero-order valence-corrected chi connectivity index (χ0v) is 24.5. The van der Waals surface area contributed by atoms with E-state index in [1.165, 1.54) is 49.7 Å². The Morgan fingerprint density at radius 2 is 1.68 bits per heavy atom. The molecular formula is C36H49NO4. The summed E-state index contributed by atoms with van der Waals surface area (Å²) in [5.74, 6) is -0.273. The quantitative estimate of drug-likeness (QED) is 0.163. The third-order valence-electron chi connectivity index (χ3n) is 9.33. The summed E-state index contributed by atoms with van der Waals surface area (Å²) in [4.78, 5) is 12.1. The number of aromatic hydroxyl groups is 1. The van der Waals surface area contributed by atoms with Crippen molar-refractivity contribution in [3.8, 4) is 5.75 Å². The highest BCUT2D eigenvalue weighted by Gasteiger charge is 2.28. The predicted molar refractivity (Wildman–Crippen MR) is 166 cm³/mol. The Bertz CT molecular complexity index is 1150. The van der Waals surface area contributed by atoms with Crippen LogP contribution in [0.2, 0.25) is 0 Å². The lowest BCUT2D eigenvalue weighted by Gasteiger charge is -2.29. The van der Waals surface area contributed by atoms with Crippen LogP contribution in [0, 0.1) is 23.7 Å². The molecule has 5 N–H and O–H groups in total. The summed E-state index contributed by atoms with van der Waals surface area (Å²) in [7, 11) is 0. The number of carbonyl (C=O) groups is 1. The molecule has 0 saturated heterocycles. The van der Waals surface area contributed by atoms with Gasteiger partial charge in [-0.3, -0.25) is 4.79 Å². The molecule has 0 aromatic heterocycles. The van der Waals surface area contributed by atoms with Crippen LogP contribution in [0.5, 0.6) is 5.75 Å². The van der Waals surface area contributed by atoms with Gasteiger partial charge in [-0.25, -0.2) is 0 Å². The van der Waals surface area contributed by atoms with Gasteiger partial charge in [0.25, 0.3) is 0 Å². The van der Waals surface area contributed by atoms with Crippen LogP contribution >= 0.6 is 0 Å². The number of hydrogen-bond acceptors (Lipinski definition) is 4. The minimum absolute atomic E-state index is 0.177. The van der Waals surface area contributed by atoms with Crippen LogP contribution in [-0.4, -0.2) is 34.4 Å². The number of aliphatic hydroxyl groups excluding tert-OH is 1. The van der Waals surface area contributed by atoms with E-state index < -0.39 is 17.8 Å². The topological polar surface area (TPSA) is 104 Å². The van der Waals surface area contributed by atoms with Gasteiger partial charge in [0.05, 0.1) is 12.5 Å². The van der Waals surface area contributed by atoms with Crippen LogP contribution in [0.3, 0.4) is 0 Å². The fraction of sp³-hybridized carbons (Fsp3) is 0.528. The van der Waals surface area contributed by atoms with Crippen LogP contribution in [0.4, 0.5) is 0 Å². The van der Waals surface area contributed by atoms with Crippen LogP contribution in [0.1, 0.15) is 86.8 Å². The molecule has 0 radical (unpaired) electrons. The van der Waals surface area contributed by atoms with Crippen LogP contribution < -0.4 is 5.73 Å². The average Bonchev–Trinajstić information content (AvgIpc) is 3.41. The molecule has 41 heavy (non-hydrogen) atoms. The fourth-order valence-electron chi connectivity index (χ4n) is 6.98. The molecule has 0 fully saturated rings. The van der Waals surface area contributed by atoms with E-state index in [1.54, 1.807) is 17.7 Å². The van der Waals surface area contributed by atoms with E-state index in [1.807, 2.05) is 18.2 Å². The highest BCUT2D eigenvalue weighted by atomic mass is 16.4. The van der Waals surface area contributed by atoms with Gasteiger partial charge >= 0.3 is 5.97 Å². The van der Waals surface area contributed by atoms with E-state index in [2.05, 4.69) is 36.4 Å². The van der Waals surface area contributed by atoms with Crippen molar-refractivity contribution in [1.29, 1.82) is 0 Å². The Kier molecular flexibility index (Phi) is 12.1. The second-order valence-electron chi connectivity index (χ2n) is 12.3. The van der Waals surface area contributed by atoms with Gasteiger partial charge in [0.2, 0.25) is 0 Å². The van der Waals surface area contributed by atoms with E-state index in [9.17, 15) is 20.1 Å². The molecule has 2 aromatic carbocycles. The van der Waals surface area contributed by atoms with E-state index in [4.69, 9.17) is 5.73 Å². The lowest BCUT2D eigenvalue weighted by atomic mass is 9.76. The molecule has 2 bridgehead atoms. The minimum atomic E-state index is -0.863. The lowest BCUT2D eigenvalue weighted by molar-refractivity contribution is -0.143. The maximum absolute atomic E-state index is 12.1. The second-order valence-corrected chi connectivity index (χ2v) is 12.3. The maximum Gasteiger partial charge on any atom is 0.307 e. The highest BCUT2D eigenvalue weighted by molar-refractivity contribution is 5.71. The zero-order valence-electron chi connectivity index (χ0n) is 24.5. The molecule has 2 aliphatic rings. The summed E-state index contributed by atoms with van der Waals surface area (Å²) < 4.78 is 0. The molecule has 0 heterocycles. The molecule has 2 aromatic rings. The van der Waals surface area contributed by atoms with Crippen molar-refractivity contribution >= 4 is 5.97 Å². The largest absolute Gasteiger partial charge is 0.508 e. The second kappa shape index (κ2) is 15.9. The molecule has 0 spiro atoms. The number of carboxylic acid groups (broad SMARTS) is 1. The molecule has 0 aliphatic heterocycles. The van der Waals surface area contributed by atoms with Crippen molar-refractivity contribution in [2.45, 2.75) is 83.0 Å². The Morgan fingerprint density at radius 3 is 2.39 bits per heavy atom. The number of fused-ring (bicyclic) bond motifs is 2. The molecular weight excluding hydrogens is 510 g/mol. The van der Waals surface area contributed by atoms with Crippen LogP contribution in [-0.2, 0) is 17.6 Å². The zero-order chi connectivity index (χ0) is 29.0. The van der Waals surface area contributed by atoms with E-state index in [0.717, 1.165) is 50.1 Å². The number of aliphatic hydroxyl groups is 1. The van der Waals surface area contributed by atoms with Crippen LogP contribution in [0.15, 0.2) is 72.3 Å². The van der Waals surface area contributed by atoms with Gasteiger partial charge < -0.3 is 21.1 Å². The number of allylic oxidation sites excluding steroid dienone is 2. The Labute approximate surface area is 246 Å². The van der Waals surface area contributed by atoms with Gasteiger partial charge in [-0.15, -0.1) is 0 Å². The molecule has 0 amide bonds.